The summed E-state index contributed by atoms with van der Waals surface area (Å²) >= 11 is 0. The Kier molecular flexibility index (Phi) is 6.58. The normalized spacial score (nSPS) is 16.1. The standard InChI is InChI=1S/C45H33N3/c1-3-31-16-10-12-22-35(31)44(33-18-6-4-7-19-33)46-30(2)47-42-29-43-39(28-40(42)38-27-26-32-17-11-13-23-36(32)45(38)47)37-24-14-15-25-41(37)48(43)34-20-8-5-9-21-34/h3-29,31H,1H2,2H3/b44-35-,46-30+. The summed E-state index contributed by atoms with van der Waals surface area (Å²) < 4.78 is 4.77. The van der Waals surface area contributed by atoms with E-state index in [4.69, 9.17) is 4.99 Å². The largest absolute Gasteiger partial charge is 0.309 e. The predicted molar refractivity (Wildman–Crippen MR) is 205 cm³/mol. The molecular formula is C45H33N3. The molecule has 1 unspecified atom stereocenters. The van der Waals surface area contributed by atoms with E-state index in [1.807, 2.05) is 6.08 Å². The van der Waals surface area contributed by atoms with Gasteiger partial charge in [-0.05, 0) is 48.2 Å². The van der Waals surface area contributed by atoms with Gasteiger partial charge in [-0.1, -0.05) is 134 Å². The van der Waals surface area contributed by atoms with Crippen molar-refractivity contribution in [2.24, 2.45) is 10.9 Å². The van der Waals surface area contributed by atoms with Gasteiger partial charge in [0.15, 0.2) is 0 Å². The molecule has 9 rings (SSSR count). The monoisotopic (exact) mass is 615 g/mol. The Bertz CT molecular complexity index is 2680. The summed E-state index contributed by atoms with van der Waals surface area (Å²) in [5, 5.41) is 7.33. The van der Waals surface area contributed by atoms with Crippen LogP contribution in [0.4, 0.5) is 0 Å². The Morgan fingerprint density at radius 1 is 0.646 bits per heavy atom. The van der Waals surface area contributed by atoms with Crippen molar-refractivity contribution in [1.82, 2.24) is 9.13 Å². The van der Waals surface area contributed by atoms with Crippen molar-refractivity contribution in [3.8, 4) is 5.69 Å². The molecule has 6 aromatic carbocycles. The zero-order valence-electron chi connectivity index (χ0n) is 26.7. The van der Waals surface area contributed by atoms with E-state index in [2.05, 4.69) is 180 Å². The van der Waals surface area contributed by atoms with Gasteiger partial charge in [0.05, 0.1) is 27.8 Å². The lowest BCUT2D eigenvalue weighted by molar-refractivity contribution is 0.995. The van der Waals surface area contributed by atoms with E-state index in [9.17, 15) is 0 Å². The van der Waals surface area contributed by atoms with Crippen LogP contribution in [-0.4, -0.2) is 15.0 Å². The third-order valence-electron chi connectivity index (χ3n) is 9.70. The fourth-order valence-corrected chi connectivity index (χ4v) is 7.53. The second-order valence-corrected chi connectivity index (χ2v) is 12.4. The third-order valence-corrected chi connectivity index (χ3v) is 9.70. The fraction of sp³-hybridized carbons (Fsp3) is 0.0444. The van der Waals surface area contributed by atoms with Crippen LogP contribution in [0.25, 0.3) is 65.8 Å². The van der Waals surface area contributed by atoms with Gasteiger partial charge in [0, 0.05) is 44.1 Å². The highest BCUT2D eigenvalue weighted by Crippen LogP contribution is 2.41. The Morgan fingerprint density at radius 2 is 1.35 bits per heavy atom. The lowest BCUT2D eigenvalue weighted by atomic mass is 9.91. The summed E-state index contributed by atoms with van der Waals surface area (Å²) in [4.78, 5) is 5.54. The highest BCUT2D eigenvalue weighted by atomic mass is 15.1. The molecule has 1 aliphatic carbocycles. The van der Waals surface area contributed by atoms with Gasteiger partial charge < -0.3 is 4.57 Å². The summed E-state index contributed by atoms with van der Waals surface area (Å²) in [6.45, 7) is 6.31. The van der Waals surface area contributed by atoms with E-state index in [1.54, 1.807) is 0 Å². The van der Waals surface area contributed by atoms with Crippen LogP contribution in [0.1, 0.15) is 12.5 Å². The van der Waals surface area contributed by atoms with Gasteiger partial charge in [0.25, 0.3) is 0 Å². The smallest absolute Gasteiger partial charge is 0.111 e. The van der Waals surface area contributed by atoms with Gasteiger partial charge in [-0.3, -0.25) is 4.57 Å². The number of aromatic nitrogens is 2. The van der Waals surface area contributed by atoms with Gasteiger partial charge >= 0.3 is 0 Å². The maximum Gasteiger partial charge on any atom is 0.111 e. The van der Waals surface area contributed by atoms with Crippen molar-refractivity contribution in [3.05, 3.63) is 182 Å². The molecule has 0 amide bonds. The molecule has 0 spiro atoms. The van der Waals surface area contributed by atoms with E-state index in [1.165, 1.54) is 48.9 Å². The summed E-state index contributed by atoms with van der Waals surface area (Å²) in [5.41, 5.74) is 8.98. The van der Waals surface area contributed by atoms with E-state index in [0.717, 1.165) is 33.9 Å². The minimum absolute atomic E-state index is 0.0712. The van der Waals surface area contributed by atoms with Crippen molar-refractivity contribution >= 4 is 65.9 Å². The number of aliphatic imine (C=N–C) groups is 1. The molecule has 0 saturated carbocycles. The molecule has 0 aliphatic heterocycles. The first kappa shape index (κ1) is 28.1. The highest BCUT2D eigenvalue weighted by Gasteiger charge is 2.21. The quantitative estimate of drug-likeness (QED) is 0.107. The molecule has 1 atom stereocenters. The third kappa shape index (κ3) is 4.32. The molecule has 3 nitrogen and oxygen atoms in total. The zero-order chi connectivity index (χ0) is 32.2. The molecule has 2 heterocycles. The van der Waals surface area contributed by atoms with Crippen LogP contribution in [0.5, 0.6) is 0 Å². The molecule has 48 heavy (non-hydrogen) atoms. The number of hydrogen-bond donors (Lipinski definition) is 0. The molecule has 228 valence electrons. The molecule has 0 N–H and O–H groups in total. The number of nitrogens with zero attached hydrogens (tertiary/aromatic N) is 3. The summed E-state index contributed by atoms with van der Waals surface area (Å²) in [7, 11) is 0. The second kappa shape index (κ2) is 11.3. The number of benzene rings is 6. The van der Waals surface area contributed by atoms with Crippen molar-refractivity contribution < 1.29 is 0 Å². The van der Waals surface area contributed by atoms with Crippen LogP contribution < -0.4 is 0 Å². The second-order valence-electron chi connectivity index (χ2n) is 12.4. The maximum absolute atomic E-state index is 5.54. The van der Waals surface area contributed by atoms with E-state index in [0.29, 0.717) is 0 Å². The number of allylic oxidation sites excluding steroid dienone is 6. The van der Waals surface area contributed by atoms with Crippen molar-refractivity contribution in [2.45, 2.75) is 6.92 Å². The number of rotatable bonds is 4. The Morgan fingerprint density at radius 3 is 2.17 bits per heavy atom. The molecular weight excluding hydrogens is 583 g/mol. The predicted octanol–water partition coefficient (Wildman–Crippen LogP) is 11.7. The number of hydrogen-bond acceptors (Lipinski definition) is 1. The SMILES string of the molecule is C=CC1C=CC=C/C1=C(/N=C(\C)n1c2cc3c(cc2c2ccc4ccccc4c21)c1ccccc1n3-c1ccccc1)c1ccccc1. The topological polar surface area (TPSA) is 22.2 Å². The molecule has 0 bridgehead atoms. The molecule has 0 radical (unpaired) electrons. The maximum atomic E-state index is 5.54. The lowest BCUT2D eigenvalue weighted by Gasteiger charge is -2.18. The average molecular weight is 616 g/mol. The molecule has 0 fully saturated rings. The van der Waals surface area contributed by atoms with E-state index in [-0.39, 0.29) is 5.92 Å². The summed E-state index contributed by atoms with van der Waals surface area (Å²) in [6.07, 6.45) is 10.5. The molecule has 1 aliphatic rings. The van der Waals surface area contributed by atoms with Crippen LogP contribution in [0.2, 0.25) is 0 Å². The Balaban J connectivity index is 1.42. The highest BCUT2D eigenvalue weighted by molar-refractivity contribution is 6.25. The first-order valence-electron chi connectivity index (χ1n) is 16.5. The van der Waals surface area contributed by atoms with E-state index < -0.39 is 0 Å². The van der Waals surface area contributed by atoms with Crippen LogP contribution >= 0.6 is 0 Å². The van der Waals surface area contributed by atoms with Crippen molar-refractivity contribution in [3.63, 3.8) is 0 Å². The molecule has 0 saturated heterocycles. The molecule has 8 aromatic rings. The van der Waals surface area contributed by atoms with Gasteiger partial charge in [-0.15, -0.1) is 6.58 Å². The van der Waals surface area contributed by atoms with Crippen LogP contribution in [-0.2, 0) is 0 Å². The summed E-state index contributed by atoms with van der Waals surface area (Å²) in [6, 6.07) is 47.9. The van der Waals surface area contributed by atoms with Crippen LogP contribution in [0.15, 0.2) is 181 Å². The van der Waals surface area contributed by atoms with Crippen molar-refractivity contribution in [1.29, 1.82) is 0 Å². The molecule has 2 aromatic heterocycles. The first-order valence-corrected chi connectivity index (χ1v) is 16.5. The van der Waals surface area contributed by atoms with Gasteiger partial charge in [-0.2, -0.15) is 0 Å². The lowest BCUT2D eigenvalue weighted by Crippen LogP contribution is -2.09. The zero-order valence-corrected chi connectivity index (χ0v) is 26.7. The minimum atomic E-state index is 0.0712. The van der Waals surface area contributed by atoms with Crippen LogP contribution in [0, 0.1) is 5.92 Å². The molecule has 3 heteroatoms. The van der Waals surface area contributed by atoms with Gasteiger partial charge in [0.2, 0.25) is 0 Å². The number of para-hydroxylation sites is 2. The average Bonchev–Trinajstić information content (AvgIpc) is 3.66. The van der Waals surface area contributed by atoms with Crippen LogP contribution in [0.3, 0.4) is 0 Å². The van der Waals surface area contributed by atoms with Crippen molar-refractivity contribution in [2.75, 3.05) is 0 Å². The Labute approximate surface area is 279 Å². The first-order chi connectivity index (χ1) is 23.7. The number of fused-ring (bicyclic) bond motifs is 8. The summed E-state index contributed by atoms with van der Waals surface area (Å²) in [5.74, 6) is 0.979. The van der Waals surface area contributed by atoms with Gasteiger partial charge in [-0.25, -0.2) is 4.99 Å². The minimum Gasteiger partial charge on any atom is -0.309 e. The van der Waals surface area contributed by atoms with Gasteiger partial charge in [0.1, 0.15) is 5.84 Å². The van der Waals surface area contributed by atoms with E-state index >= 15 is 0 Å². The Hall–Kier alpha value is -6.19. The fourth-order valence-electron chi connectivity index (χ4n) is 7.53.